The minimum atomic E-state index is 0.212. The van der Waals surface area contributed by atoms with Crippen molar-refractivity contribution in [2.24, 2.45) is 5.92 Å². The third kappa shape index (κ3) is 31.9. The fraction of sp³-hybridized carbons (Fsp3) is 0.973. The molecule has 0 heterocycles. The van der Waals surface area contributed by atoms with Crippen molar-refractivity contribution >= 4 is 6.29 Å². The van der Waals surface area contributed by atoms with Crippen molar-refractivity contribution in [1.29, 1.82) is 0 Å². The first-order valence-electron chi connectivity index (χ1n) is 18.2. The summed E-state index contributed by atoms with van der Waals surface area (Å²) in [6.07, 6.45) is 48.2. The highest BCUT2D eigenvalue weighted by atomic mass is 16.1. The molecule has 1 heteroatoms. The molecular formula is C37H73O. The molecule has 0 amide bonds. The fourth-order valence-electron chi connectivity index (χ4n) is 5.96. The maximum Gasteiger partial charge on any atom is 0.201 e. The van der Waals surface area contributed by atoms with E-state index in [1.54, 1.807) is 0 Å². The molecule has 1 atom stereocenters. The average molecular weight is 534 g/mol. The molecule has 1 radical (unpaired) electrons. The fourth-order valence-corrected chi connectivity index (χ4v) is 5.96. The van der Waals surface area contributed by atoms with E-state index in [4.69, 9.17) is 0 Å². The Bertz CT molecular complexity index is 417. The van der Waals surface area contributed by atoms with Crippen LogP contribution in [0.2, 0.25) is 0 Å². The Morgan fingerprint density at radius 3 is 0.684 bits per heavy atom. The lowest BCUT2D eigenvalue weighted by Crippen LogP contribution is -2.02. The van der Waals surface area contributed by atoms with Gasteiger partial charge in [-0.15, -0.1) is 0 Å². The standard InChI is InChI=1S/C37H73O/c1-3-5-7-9-11-13-15-17-19-21-23-25-27-29-31-33-35-37(36-38)34-32-30-28-26-24-22-20-18-16-14-12-10-8-6-4-2/h37H,3-35H2,1-2H3. The summed E-state index contributed by atoms with van der Waals surface area (Å²) in [6, 6.07) is 0. The molecule has 0 N–H and O–H groups in total. The van der Waals surface area contributed by atoms with Crippen molar-refractivity contribution in [3.63, 3.8) is 0 Å². The van der Waals surface area contributed by atoms with E-state index < -0.39 is 0 Å². The first-order valence-corrected chi connectivity index (χ1v) is 18.2. The van der Waals surface area contributed by atoms with Crippen molar-refractivity contribution < 1.29 is 4.79 Å². The number of rotatable bonds is 34. The normalized spacial score (nSPS) is 12.3. The summed E-state index contributed by atoms with van der Waals surface area (Å²) in [5.41, 5.74) is 0. The Hall–Kier alpha value is -0.330. The Morgan fingerprint density at radius 1 is 0.316 bits per heavy atom. The van der Waals surface area contributed by atoms with Crippen molar-refractivity contribution in [2.75, 3.05) is 0 Å². The molecule has 1 unspecified atom stereocenters. The third-order valence-electron chi connectivity index (χ3n) is 8.73. The molecule has 0 aromatic rings. The van der Waals surface area contributed by atoms with Gasteiger partial charge in [0.05, 0.1) is 0 Å². The summed E-state index contributed by atoms with van der Waals surface area (Å²) < 4.78 is 0. The van der Waals surface area contributed by atoms with Gasteiger partial charge < -0.3 is 0 Å². The van der Waals surface area contributed by atoms with Crippen LogP contribution in [0.1, 0.15) is 226 Å². The van der Waals surface area contributed by atoms with Crippen molar-refractivity contribution in [3.05, 3.63) is 0 Å². The van der Waals surface area contributed by atoms with Gasteiger partial charge in [-0.2, -0.15) is 0 Å². The molecule has 1 nitrogen and oxygen atoms in total. The van der Waals surface area contributed by atoms with Gasteiger partial charge in [0.25, 0.3) is 0 Å². The van der Waals surface area contributed by atoms with Gasteiger partial charge in [-0.05, 0) is 12.8 Å². The molecule has 0 spiro atoms. The zero-order valence-electron chi connectivity index (χ0n) is 26.8. The molecule has 0 rings (SSSR count). The van der Waals surface area contributed by atoms with Crippen LogP contribution < -0.4 is 0 Å². The van der Waals surface area contributed by atoms with Crippen molar-refractivity contribution in [1.82, 2.24) is 0 Å². The van der Waals surface area contributed by atoms with Crippen LogP contribution in [0.25, 0.3) is 0 Å². The second kappa shape index (κ2) is 34.7. The van der Waals surface area contributed by atoms with E-state index in [1.165, 1.54) is 199 Å². The number of hydrogen-bond donors (Lipinski definition) is 0. The van der Waals surface area contributed by atoms with Crippen LogP contribution >= 0.6 is 0 Å². The SMILES string of the molecule is CCCCCCCCCCCCCCCCCCC([C]=O)CCCCCCCCCCCCCCCCC. The molecule has 227 valence electrons. The van der Waals surface area contributed by atoms with E-state index in [1.807, 2.05) is 0 Å². The van der Waals surface area contributed by atoms with Gasteiger partial charge in [0.2, 0.25) is 6.29 Å². The minimum absolute atomic E-state index is 0.212. The minimum Gasteiger partial charge on any atom is -0.291 e. The van der Waals surface area contributed by atoms with Crippen LogP contribution in [0.4, 0.5) is 0 Å². The predicted octanol–water partition coefficient (Wildman–Crippen LogP) is 13.6. The molecule has 0 aromatic heterocycles. The number of carbonyl (C=O) groups excluding carboxylic acids is 1. The second-order valence-electron chi connectivity index (χ2n) is 12.6. The first-order chi connectivity index (χ1) is 18.8. The van der Waals surface area contributed by atoms with Crippen LogP contribution in [0, 0.1) is 5.92 Å². The Labute approximate surface area is 242 Å². The Kier molecular flexibility index (Phi) is 34.4. The monoisotopic (exact) mass is 534 g/mol. The topological polar surface area (TPSA) is 17.1 Å². The summed E-state index contributed by atoms with van der Waals surface area (Å²) in [7, 11) is 0. The van der Waals surface area contributed by atoms with Crippen LogP contribution in [-0.2, 0) is 4.79 Å². The lowest BCUT2D eigenvalue weighted by atomic mass is 9.95. The second-order valence-corrected chi connectivity index (χ2v) is 12.6. The Balaban J connectivity index is 3.25. The van der Waals surface area contributed by atoms with Gasteiger partial charge in [-0.25, -0.2) is 0 Å². The van der Waals surface area contributed by atoms with Gasteiger partial charge >= 0.3 is 0 Å². The summed E-state index contributed by atoms with van der Waals surface area (Å²) in [4.78, 5) is 11.4. The van der Waals surface area contributed by atoms with Crippen LogP contribution in [-0.4, -0.2) is 6.29 Å². The summed E-state index contributed by atoms with van der Waals surface area (Å²) >= 11 is 0. The summed E-state index contributed by atoms with van der Waals surface area (Å²) in [5.74, 6) is 0.212. The molecule has 0 aliphatic heterocycles. The maximum atomic E-state index is 11.4. The van der Waals surface area contributed by atoms with Gasteiger partial charge in [0.1, 0.15) is 0 Å². The lowest BCUT2D eigenvalue weighted by molar-refractivity contribution is 0.448. The van der Waals surface area contributed by atoms with E-state index in [2.05, 4.69) is 20.1 Å². The first kappa shape index (κ1) is 37.7. The highest BCUT2D eigenvalue weighted by molar-refractivity contribution is 5.54. The molecule has 0 bridgehead atoms. The predicted molar refractivity (Wildman–Crippen MR) is 173 cm³/mol. The van der Waals surface area contributed by atoms with E-state index in [0.29, 0.717) is 0 Å². The van der Waals surface area contributed by atoms with E-state index in [9.17, 15) is 4.79 Å². The van der Waals surface area contributed by atoms with Crippen molar-refractivity contribution in [3.8, 4) is 0 Å². The zero-order valence-corrected chi connectivity index (χ0v) is 26.8. The molecule has 0 aliphatic rings. The molecule has 38 heavy (non-hydrogen) atoms. The van der Waals surface area contributed by atoms with Crippen LogP contribution in [0.15, 0.2) is 0 Å². The van der Waals surface area contributed by atoms with Gasteiger partial charge in [-0.1, -0.05) is 213 Å². The Morgan fingerprint density at radius 2 is 0.500 bits per heavy atom. The van der Waals surface area contributed by atoms with E-state index >= 15 is 0 Å². The van der Waals surface area contributed by atoms with E-state index in [0.717, 1.165) is 12.8 Å². The number of unbranched alkanes of at least 4 members (excludes halogenated alkanes) is 29. The van der Waals surface area contributed by atoms with Gasteiger partial charge in [0.15, 0.2) is 0 Å². The highest BCUT2D eigenvalue weighted by Crippen LogP contribution is 2.19. The lowest BCUT2D eigenvalue weighted by Gasteiger charge is -2.09. The molecular weight excluding hydrogens is 460 g/mol. The average Bonchev–Trinajstić information content (AvgIpc) is 2.93. The molecule has 0 saturated carbocycles. The highest BCUT2D eigenvalue weighted by Gasteiger charge is 2.08. The summed E-state index contributed by atoms with van der Waals surface area (Å²) in [6.45, 7) is 4.59. The summed E-state index contributed by atoms with van der Waals surface area (Å²) in [5, 5.41) is 0. The zero-order chi connectivity index (χ0) is 27.6. The maximum absolute atomic E-state index is 11.4. The molecule has 0 saturated heterocycles. The molecule has 0 fully saturated rings. The van der Waals surface area contributed by atoms with Crippen LogP contribution in [0.3, 0.4) is 0 Å². The largest absolute Gasteiger partial charge is 0.291 e. The molecule has 0 aliphatic carbocycles. The smallest absolute Gasteiger partial charge is 0.201 e. The van der Waals surface area contributed by atoms with Crippen LogP contribution in [0.5, 0.6) is 0 Å². The van der Waals surface area contributed by atoms with E-state index in [-0.39, 0.29) is 5.92 Å². The molecule has 0 aromatic carbocycles. The van der Waals surface area contributed by atoms with Crippen molar-refractivity contribution in [2.45, 2.75) is 226 Å². The quantitative estimate of drug-likeness (QED) is 0.0751. The van der Waals surface area contributed by atoms with Gasteiger partial charge in [0, 0.05) is 5.92 Å². The number of hydrogen-bond acceptors (Lipinski definition) is 1. The van der Waals surface area contributed by atoms with Gasteiger partial charge in [-0.3, -0.25) is 4.79 Å². The third-order valence-corrected chi connectivity index (χ3v) is 8.73.